The number of carbonyl (C=O) groups is 1. The average molecular weight is 367 g/mol. The highest BCUT2D eigenvalue weighted by Crippen LogP contribution is 2.27. The third-order valence-electron chi connectivity index (χ3n) is 3.97. The van der Waals surface area contributed by atoms with Gasteiger partial charge in [-0.05, 0) is 34.9 Å². The molecule has 0 saturated carbocycles. The van der Waals surface area contributed by atoms with Gasteiger partial charge in [-0.25, -0.2) is 17.9 Å². The van der Waals surface area contributed by atoms with Crippen LogP contribution in [0.1, 0.15) is 15.9 Å². The lowest BCUT2D eigenvalue weighted by Gasteiger charge is -2.13. The van der Waals surface area contributed by atoms with E-state index in [1.807, 2.05) is 0 Å². The molecular weight excluding hydrogens is 350 g/mol. The molecule has 5 nitrogen and oxygen atoms in total. The maximum absolute atomic E-state index is 12.4. The summed E-state index contributed by atoms with van der Waals surface area (Å²) in [5, 5.41) is 9.41. The molecule has 0 amide bonds. The van der Waals surface area contributed by atoms with Crippen LogP contribution in [0.2, 0.25) is 0 Å². The fourth-order valence-corrected chi connectivity index (χ4v) is 3.73. The normalized spacial score (nSPS) is 11.2. The molecule has 0 heterocycles. The molecular formula is C20H17NO4S. The van der Waals surface area contributed by atoms with Gasteiger partial charge in [0.05, 0.1) is 10.5 Å². The van der Waals surface area contributed by atoms with Crippen LogP contribution in [0.5, 0.6) is 0 Å². The maximum atomic E-state index is 12.4. The standard InChI is InChI=1S/C20H17NO4S/c22-20(23)19-13-7-6-12-18(19)17-11-5-4-8-15(17)14-21-26(24,25)16-9-2-1-3-10-16/h1-13,21H,14H2,(H,22,23). The van der Waals surface area contributed by atoms with Crippen LogP contribution in [0.3, 0.4) is 0 Å². The molecule has 0 aliphatic heterocycles. The number of hydrogen-bond donors (Lipinski definition) is 2. The average Bonchev–Trinajstić information content (AvgIpc) is 2.67. The fraction of sp³-hybridized carbons (Fsp3) is 0.0500. The lowest BCUT2D eigenvalue weighted by Crippen LogP contribution is -2.23. The number of benzene rings is 3. The predicted octanol–water partition coefficient (Wildman–Crippen LogP) is 3.53. The highest BCUT2D eigenvalue weighted by Gasteiger charge is 2.16. The summed E-state index contributed by atoms with van der Waals surface area (Å²) in [4.78, 5) is 11.7. The summed E-state index contributed by atoms with van der Waals surface area (Å²) in [6.07, 6.45) is 0. The zero-order valence-corrected chi connectivity index (χ0v) is 14.6. The Kier molecular flexibility index (Phi) is 5.16. The van der Waals surface area contributed by atoms with Gasteiger partial charge >= 0.3 is 5.97 Å². The molecule has 3 aromatic carbocycles. The van der Waals surface area contributed by atoms with Gasteiger partial charge in [-0.1, -0.05) is 60.7 Å². The Morgan fingerprint density at radius 3 is 2.08 bits per heavy atom. The zero-order chi connectivity index (χ0) is 18.6. The van der Waals surface area contributed by atoms with Gasteiger partial charge in [0.25, 0.3) is 0 Å². The summed E-state index contributed by atoms with van der Waals surface area (Å²) in [6, 6.07) is 21.9. The summed E-state index contributed by atoms with van der Waals surface area (Å²) < 4.78 is 27.4. The van der Waals surface area contributed by atoms with Crippen LogP contribution in [0, 0.1) is 0 Å². The van der Waals surface area contributed by atoms with E-state index in [1.54, 1.807) is 60.7 Å². The Hall–Kier alpha value is -2.96. The topological polar surface area (TPSA) is 83.5 Å². The Labute approximate surface area is 152 Å². The van der Waals surface area contributed by atoms with Gasteiger partial charge in [0, 0.05) is 6.54 Å². The molecule has 0 bridgehead atoms. The molecule has 2 N–H and O–H groups in total. The van der Waals surface area contributed by atoms with Crippen molar-refractivity contribution >= 4 is 16.0 Å². The smallest absolute Gasteiger partial charge is 0.336 e. The predicted molar refractivity (Wildman–Crippen MR) is 99.3 cm³/mol. The van der Waals surface area contributed by atoms with Crippen LogP contribution in [-0.2, 0) is 16.6 Å². The fourth-order valence-electron chi connectivity index (χ4n) is 2.70. The third-order valence-corrected chi connectivity index (χ3v) is 5.39. The van der Waals surface area contributed by atoms with E-state index in [0.29, 0.717) is 16.7 Å². The monoisotopic (exact) mass is 367 g/mol. The summed E-state index contributed by atoms with van der Waals surface area (Å²) >= 11 is 0. The van der Waals surface area contributed by atoms with E-state index in [0.717, 1.165) is 0 Å². The molecule has 3 rings (SSSR count). The van der Waals surface area contributed by atoms with Crippen molar-refractivity contribution in [2.45, 2.75) is 11.4 Å². The van der Waals surface area contributed by atoms with Crippen molar-refractivity contribution in [1.29, 1.82) is 0 Å². The van der Waals surface area contributed by atoms with Crippen molar-refractivity contribution in [3.8, 4) is 11.1 Å². The Morgan fingerprint density at radius 1 is 0.808 bits per heavy atom. The first kappa shape index (κ1) is 17.8. The lowest BCUT2D eigenvalue weighted by molar-refractivity contribution is 0.0697. The second-order valence-electron chi connectivity index (χ2n) is 5.65. The SMILES string of the molecule is O=C(O)c1ccccc1-c1ccccc1CNS(=O)(=O)c1ccccc1. The van der Waals surface area contributed by atoms with Gasteiger partial charge in [-0.15, -0.1) is 0 Å². The van der Waals surface area contributed by atoms with Crippen molar-refractivity contribution < 1.29 is 18.3 Å². The van der Waals surface area contributed by atoms with Crippen LogP contribution < -0.4 is 4.72 Å². The highest BCUT2D eigenvalue weighted by molar-refractivity contribution is 7.89. The van der Waals surface area contributed by atoms with Crippen LogP contribution in [0.4, 0.5) is 0 Å². The van der Waals surface area contributed by atoms with Gasteiger partial charge < -0.3 is 5.11 Å². The number of sulfonamides is 1. The van der Waals surface area contributed by atoms with Crippen LogP contribution in [0.15, 0.2) is 83.8 Å². The number of rotatable bonds is 6. The van der Waals surface area contributed by atoms with E-state index in [9.17, 15) is 18.3 Å². The van der Waals surface area contributed by atoms with Crippen LogP contribution >= 0.6 is 0 Å². The minimum Gasteiger partial charge on any atom is -0.478 e. The van der Waals surface area contributed by atoms with E-state index in [-0.39, 0.29) is 17.0 Å². The van der Waals surface area contributed by atoms with Crippen LogP contribution in [0.25, 0.3) is 11.1 Å². The molecule has 132 valence electrons. The number of carboxylic acids is 1. The molecule has 0 unspecified atom stereocenters. The Balaban J connectivity index is 1.93. The van der Waals surface area contributed by atoms with Gasteiger partial charge in [-0.2, -0.15) is 0 Å². The second kappa shape index (κ2) is 7.51. The Bertz CT molecular complexity index is 1030. The first-order chi connectivity index (χ1) is 12.5. The summed E-state index contributed by atoms with van der Waals surface area (Å²) in [5.41, 5.74) is 2.10. The molecule has 0 aromatic heterocycles. The highest BCUT2D eigenvalue weighted by atomic mass is 32.2. The molecule has 0 fully saturated rings. The van der Waals surface area contributed by atoms with Crippen molar-refractivity contribution in [1.82, 2.24) is 4.72 Å². The Morgan fingerprint density at radius 2 is 1.38 bits per heavy atom. The molecule has 0 radical (unpaired) electrons. The van der Waals surface area contributed by atoms with Crippen molar-refractivity contribution in [3.05, 3.63) is 90.0 Å². The van der Waals surface area contributed by atoms with E-state index in [4.69, 9.17) is 0 Å². The summed E-state index contributed by atoms with van der Waals surface area (Å²) in [6.45, 7) is 0.0569. The van der Waals surface area contributed by atoms with Crippen molar-refractivity contribution in [2.24, 2.45) is 0 Å². The zero-order valence-electron chi connectivity index (χ0n) is 13.8. The minimum absolute atomic E-state index is 0.0569. The van der Waals surface area contributed by atoms with Gasteiger partial charge in [-0.3, -0.25) is 0 Å². The molecule has 0 aliphatic carbocycles. The molecule has 0 aliphatic rings. The molecule has 3 aromatic rings. The maximum Gasteiger partial charge on any atom is 0.336 e. The molecule has 0 saturated heterocycles. The molecule has 6 heteroatoms. The van der Waals surface area contributed by atoms with Gasteiger partial charge in [0.1, 0.15) is 0 Å². The first-order valence-corrected chi connectivity index (χ1v) is 9.42. The second-order valence-corrected chi connectivity index (χ2v) is 7.41. The molecule has 26 heavy (non-hydrogen) atoms. The quantitative estimate of drug-likeness (QED) is 0.698. The number of carboxylic acid groups (broad SMARTS) is 1. The van der Waals surface area contributed by atoms with Crippen molar-refractivity contribution in [3.63, 3.8) is 0 Å². The summed E-state index contributed by atoms with van der Waals surface area (Å²) in [5.74, 6) is -1.03. The van der Waals surface area contributed by atoms with E-state index >= 15 is 0 Å². The van der Waals surface area contributed by atoms with Crippen LogP contribution in [-0.4, -0.2) is 19.5 Å². The largest absolute Gasteiger partial charge is 0.478 e. The van der Waals surface area contributed by atoms with E-state index in [1.165, 1.54) is 18.2 Å². The third kappa shape index (κ3) is 3.82. The molecule has 0 atom stereocenters. The number of hydrogen-bond acceptors (Lipinski definition) is 3. The number of aromatic carboxylic acids is 1. The first-order valence-electron chi connectivity index (χ1n) is 7.94. The minimum atomic E-state index is -3.65. The van der Waals surface area contributed by atoms with Gasteiger partial charge in [0.15, 0.2) is 0 Å². The lowest BCUT2D eigenvalue weighted by atomic mass is 9.95. The summed E-state index contributed by atoms with van der Waals surface area (Å²) in [7, 11) is -3.65. The van der Waals surface area contributed by atoms with E-state index < -0.39 is 16.0 Å². The number of nitrogens with one attached hydrogen (secondary N) is 1. The molecule has 0 spiro atoms. The van der Waals surface area contributed by atoms with E-state index in [2.05, 4.69) is 4.72 Å². The van der Waals surface area contributed by atoms with Gasteiger partial charge in [0.2, 0.25) is 10.0 Å². The van der Waals surface area contributed by atoms with Crippen molar-refractivity contribution in [2.75, 3.05) is 0 Å².